The van der Waals surface area contributed by atoms with E-state index in [-0.39, 0.29) is 5.91 Å². The molecule has 0 fully saturated rings. The highest BCUT2D eigenvalue weighted by molar-refractivity contribution is 9.10. The molecule has 0 atom stereocenters. The minimum Gasteiger partial charge on any atom is -0.352 e. The second kappa shape index (κ2) is 6.93. The third-order valence-corrected chi connectivity index (χ3v) is 2.55. The molecule has 0 unspecified atom stereocenters. The van der Waals surface area contributed by atoms with Crippen LogP contribution in [0.3, 0.4) is 0 Å². The fraction of sp³-hybridized carbons (Fsp3) is 0.364. The van der Waals surface area contributed by atoms with Gasteiger partial charge < -0.3 is 5.32 Å². The second-order valence-electron chi connectivity index (χ2n) is 3.58. The van der Waals surface area contributed by atoms with E-state index in [1.54, 1.807) is 6.07 Å². The summed E-state index contributed by atoms with van der Waals surface area (Å²) in [7, 11) is 0. The van der Waals surface area contributed by atoms with Crippen LogP contribution in [-0.2, 0) is 0 Å². The van der Waals surface area contributed by atoms with Gasteiger partial charge in [0.05, 0.1) is 0 Å². The van der Waals surface area contributed by atoms with Crippen LogP contribution in [0.25, 0.3) is 10.4 Å². The number of halogens is 1. The molecule has 0 aromatic heterocycles. The van der Waals surface area contributed by atoms with Gasteiger partial charge in [0.15, 0.2) is 0 Å². The topological polar surface area (TPSA) is 77.9 Å². The molecule has 1 rings (SSSR count). The van der Waals surface area contributed by atoms with E-state index in [1.807, 2.05) is 19.1 Å². The third kappa shape index (κ3) is 4.89. The highest BCUT2D eigenvalue weighted by atomic mass is 79.9. The molecule has 0 radical (unpaired) electrons. The minimum absolute atomic E-state index is 0.115. The van der Waals surface area contributed by atoms with Gasteiger partial charge in [-0.3, -0.25) is 4.79 Å². The van der Waals surface area contributed by atoms with Crippen molar-refractivity contribution in [3.05, 3.63) is 44.2 Å². The smallest absolute Gasteiger partial charge is 0.251 e. The summed E-state index contributed by atoms with van der Waals surface area (Å²) in [4.78, 5) is 14.4. The van der Waals surface area contributed by atoms with E-state index in [4.69, 9.17) is 5.53 Å². The summed E-state index contributed by atoms with van der Waals surface area (Å²) in [5, 5.41) is 6.16. The van der Waals surface area contributed by atoms with Crippen molar-refractivity contribution in [1.29, 1.82) is 0 Å². The third-order valence-electron chi connectivity index (χ3n) is 2.09. The Bertz CT molecular complexity index is 435. The van der Waals surface area contributed by atoms with E-state index in [0.29, 0.717) is 25.1 Å². The molecule has 17 heavy (non-hydrogen) atoms. The van der Waals surface area contributed by atoms with Gasteiger partial charge in [-0.1, -0.05) is 21.0 Å². The molecule has 0 heterocycles. The lowest BCUT2D eigenvalue weighted by molar-refractivity contribution is 0.0953. The predicted molar refractivity (Wildman–Crippen MR) is 69.8 cm³/mol. The molecule has 0 saturated carbocycles. The number of hydrogen-bond donors (Lipinski definition) is 1. The van der Waals surface area contributed by atoms with Crippen LogP contribution in [0.5, 0.6) is 0 Å². The van der Waals surface area contributed by atoms with Gasteiger partial charge in [0, 0.05) is 28.0 Å². The predicted octanol–water partition coefficient (Wildman–Crippen LogP) is 3.19. The van der Waals surface area contributed by atoms with Crippen molar-refractivity contribution in [2.24, 2.45) is 5.11 Å². The zero-order chi connectivity index (χ0) is 12.7. The van der Waals surface area contributed by atoms with Crippen molar-refractivity contribution in [3.63, 3.8) is 0 Å². The van der Waals surface area contributed by atoms with Crippen molar-refractivity contribution in [1.82, 2.24) is 5.32 Å². The summed E-state index contributed by atoms with van der Waals surface area (Å²) in [5.74, 6) is -0.115. The first kappa shape index (κ1) is 13.5. The van der Waals surface area contributed by atoms with E-state index in [9.17, 15) is 4.79 Å². The Morgan fingerprint density at radius 1 is 1.53 bits per heavy atom. The van der Waals surface area contributed by atoms with Gasteiger partial charge in [-0.15, -0.1) is 0 Å². The van der Waals surface area contributed by atoms with Crippen molar-refractivity contribution in [2.45, 2.75) is 13.3 Å². The van der Waals surface area contributed by atoms with Gasteiger partial charge in [-0.2, -0.15) is 0 Å². The van der Waals surface area contributed by atoms with Crippen molar-refractivity contribution in [2.75, 3.05) is 13.1 Å². The summed E-state index contributed by atoms with van der Waals surface area (Å²) in [6, 6.07) is 5.54. The van der Waals surface area contributed by atoms with Crippen molar-refractivity contribution in [3.8, 4) is 0 Å². The molecule has 90 valence electrons. The lowest BCUT2D eigenvalue weighted by Crippen LogP contribution is -2.24. The van der Waals surface area contributed by atoms with Gasteiger partial charge in [0.2, 0.25) is 0 Å². The lowest BCUT2D eigenvalue weighted by atomic mass is 10.1. The van der Waals surface area contributed by atoms with Crippen LogP contribution in [0.4, 0.5) is 0 Å². The van der Waals surface area contributed by atoms with Crippen LogP contribution in [0, 0.1) is 6.92 Å². The average molecular weight is 297 g/mol. The van der Waals surface area contributed by atoms with Crippen LogP contribution in [0.2, 0.25) is 0 Å². The molecular weight excluding hydrogens is 284 g/mol. The molecule has 0 bridgehead atoms. The average Bonchev–Trinajstić information content (AvgIpc) is 2.27. The van der Waals surface area contributed by atoms with Gasteiger partial charge in [-0.05, 0) is 42.6 Å². The maximum atomic E-state index is 11.7. The van der Waals surface area contributed by atoms with E-state index in [2.05, 4.69) is 31.3 Å². The molecule has 0 spiro atoms. The highest BCUT2D eigenvalue weighted by Gasteiger charge is 2.05. The summed E-state index contributed by atoms with van der Waals surface area (Å²) >= 11 is 3.35. The molecular formula is C11H13BrN4O. The number of aryl methyl sites for hydroxylation is 1. The summed E-state index contributed by atoms with van der Waals surface area (Å²) in [5.41, 5.74) is 9.73. The maximum absolute atomic E-state index is 11.7. The van der Waals surface area contributed by atoms with E-state index < -0.39 is 0 Å². The Hall–Kier alpha value is -1.52. The molecule has 6 heteroatoms. The fourth-order valence-corrected chi connectivity index (χ4v) is 1.97. The Balaban J connectivity index is 2.49. The van der Waals surface area contributed by atoms with Crippen LogP contribution in [-0.4, -0.2) is 19.0 Å². The minimum atomic E-state index is -0.115. The second-order valence-corrected chi connectivity index (χ2v) is 4.50. The van der Waals surface area contributed by atoms with Crippen LogP contribution >= 0.6 is 15.9 Å². The number of nitrogens with zero attached hydrogens (tertiary/aromatic N) is 3. The van der Waals surface area contributed by atoms with Crippen molar-refractivity contribution < 1.29 is 4.79 Å². The molecule has 0 aliphatic carbocycles. The van der Waals surface area contributed by atoms with Crippen LogP contribution in [0.15, 0.2) is 27.8 Å². The molecule has 1 aromatic rings. The number of benzene rings is 1. The highest BCUT2D eigenvalue weighted by Crippen LogP contribution is 2.15. The first-order chi connectivity index (χ1) is 8.13. The van der Waals surface area contributed by atoms with E-state index in [0.717, 1.165) is 10.0 Å². The maximum Gasteiger partial charge on any atom is 0.251 e. The molecule has 0 aliphatic heterocycles. The van der Waals surface area contributed by atoms with Gasteiger partial charge in [0.1, 0.15) is 0 Å². The first-order valence-corrected chi connectivity index (χ1v) is 5.99. The fourth-order valence-electron chi connectivity index (χ4n) is 1.37. The normalized spacial score (nSPS) is 9.53. The van der Waals surface area contributed by atoms with E-state index in [1.165, 1.54) is 0 Å². The Morgan fingerprint density at radius 3 is 2.94 bits per heavy atom. The van der Waals surface area contributed by atoms with Gasteiger partial charge in [0.25, 0.3) is 5.91 Å². The Morgan fingerprint density at radius 2 is 2.29 bits per heavy atom. The number of amides is 1. The monoisotopic (exact) mass is 296 g/mol. The number of nitrogens with one attached hydrogen (secondary N) is 1. The standard InChI is InChI=1S/C11H13BrN4O/c1-8-5-9(7-10(12)6-8)11(17)14-3-2-4-15-16-13/h5-7H,2-4H2,1H3,(H,14,17). The molecule has 1 aromatic carbocycles. The SMILES string of the molecule is Cc1cc(Br)cc(C(=O)NCCCN=[N+]=[N-])c1. The molecule has 0 aliphatic rings. The van der Waals surface area contributed by atoms with Crippen LogP contribution in [0.1, 0.15) is 22.3 Å². The summed E-state index contributed by atoms with van der Waals surface area (Å²) in [6.07, 6.45) is 0.642. The molecule has 5 nitrogen and oxygen atoms in total. The van der Waals surface area contributed by atoms with Gasteiger partial charge in [-0.25, -0.2) is 0 Å². The quantitative estimate of drug-likeness (QED) is 0.385. The molecule has 1 amide bonds. The van der Waals surface area contributed by atoms with Crippen molar-refractivity contribution >= 4 is 21.8 Å². The largest absolute Gasteiger partial charge is 0.352 e. The lowest BCUT2D eigenvalue weighted by Gasteiger charge is -2.05. The number of carbonyl (C=O) groups excluding carboxylic acids is 1. The summed E-state index contributed by atoms with van der Waals surface area (Å²) < 4.78 is 0.886. The van der Waals surface area contributed by atoms with Gasteiger partial charge >= 0.3 is 0 Å². The first-order valence-electron chi connectivity index (χ1n) is 5.19. The molecule has 0 saturated heterocycles. The Labute approximate surface area is 108 Å². The Kier molecular flexibility index (Phi) is 5.52. The zero-order valence-electron chi connectivity index (χ0n) is 9.48. The molecule has 1 N–H and O–H groups in total. The number of hydrogen-bond acceptors (Lipinski definition) is 2. The summed E-state index contributed by atoms with van der Waals surface area (Å²) in [6.45, 7) is 2.83. The number of azide groups is 1. The van der Waals surface area contributed by atoms with Crippen LogP contribution < -0.4 is 5.32 Å². The van der Waals surface area contributed by atoms with E-state index >= 15 is 0 Å². The number of rotatable bonds is 5. The number of carbonyl (C=O) groups is 1. The zero-order valence-corrected chi connectivity index (χ0v) is 11.1.